The standard InChI is InChI=1S/C27H26Cl2N2O6S/c1-5-37-26(33)16-7-10-20(11-8-16)31(15-17-6-9-19(28)14-21(17)29)27(38)30-25(32)18-12-22(34-2)24(36-4)23(13-18)35-3/h6-14H,5,15H2,1-4H3,(H,30,32,38). The summed E-state index contributed by atoms with van der Waals surface area (Å²) < 4.78 is 21.1. The van der Waals surface area contributed by atoms with Crippen LogP contribution in [0.15, 0.2) is 54.6 Å². The molecule has 0 saturated heterocycles. The number of anilines is 1. The Morgan fingerprint density at radius 1 is 0.895 bits per heavy atom. The quantitative estimate of drug-likeness (QED) is 0.248. The lowest BCUT2D eigenvalue weighted by molar-refractivity contribution is 0.0526. The highest BCUT2D eigenvalue weighted by Crippen LogP contribution is 2.38. The molecular weight excluding hydrogens is 551 g/mol. The van der Waals surface area contributed by atoms with Gasteiger partial charge in [-0.2, -0.15) is 0 Å². The lowest BCUT2D eigenvalue weighted by Crippen LogP contribution is -2.42. The maximum atomic E-state index is 13.2. The van der Waals surface area contributed by atoms with E-state index in [4.69, 9.17) is 54.4 Å². The molecule has 8 nitrogen and oxygen atoms in total. The second-order valence-corrected chi connectivity index (χ2v) is 8.99. The monoisotopic (exact) mass is 576 g/mol. The number of esters is 1. The molecule has 200 valence electrons. The number of carbonyl (C=O) groups excluding carboxylic acids is 2. The van der Waals surface area contributed by atoms with Crippen molar-refractivity contribution >= 4 is 58.1 Å². The van der Waals surface area contributed by atoms with E-state index < -0.39 is 11.9 Å². The maximum Gasteiger partial charge on any atom is 0.338 e. The van der Waals surface area contributed by atoms with E-state index in [-0.39, 0.29) is 23.8 Å². The Kier molecular flexibility index (Phi) is 10.2. The smallest absolute Gasteiger partial charge is 0.338 e. The van der Waals surface area contributed by atoms with Gasteiger partial charge in [-0.15, -0.1) is 0 Å². The third-order valence-corrected chi connectivity index (χ3v) is 6.34. The fourth-order valence-corrected chi connectivity index (χ4v) is 4.27. The Morgan fingerprint density at radius 2 is 1.53 bits per heavy atom. The first-order valence-electron chi connectivity index (χ1n) is 11.4. The summed E-state index contributed by atoms with van der Waals surface area (Å²) in [5, 5.41) is 3.77. The summed E-state index contributed by atoms with van der Waals surface area (Å²) in [5.41, 5.74) is 1.95. The zero-order valence-electron chi connectivity index (χ0n) is 21.2. The molecule has 0 aliphatic heterocycles. The number of methoxy groups -OCH3 is 3. The summed E-state index contributed by atoms with van der Waals surface area (Å²) in [6.07, 6.45) is 0. The van der Waals surface area contributed by atoms with E-state index in [0.29, 0.717) is 38.5 Å². The first-order chi connectivity index (χ1) is 18.2. The van der Waals surface area contributed by atoms with Gasteiger partial charge in [0.25, 0.3) is 5.91 Å². The molecule has 0 radical (unpaired) electrons. The molecule has 0 bridgehead atoms. The lowest BCUT2D eigenvalue weighted by atomic mass is 10.1. The summed E-state index contributed by atoms with van der Waals surface area (Å²) in [6.45, 7) is 2.21. The third-order valence-electron chi connectivity index (χ3n) is 5.43. The largest absolute Gasteiger partial charge is 0.493 e. The van der Waals surface area contributed by atoms with Crippen LogP contribution in [0.3, 0.4) is 0 Å². The van der Waals surface area contributed by atoms with Crippen LogP contribution in [0, 0.1) is 0 Å². The number of carbonyl (C=O) groups is 2. The number of nitrogens with one attached hydrogen (secondary N) is 1. The number of hydrogen-bond donors (Lipinski definition) is 1. The van der Waals surface area contributed by atoms with Crippen molar-refractivity contribution in [1.29, 1.82) is 0 Å². The highest BCUT2D eigenvalue weighted by molar-refractivity contribution is 7.80. The van der Waals surface area contributed by atoms with Gasteiger partial charge in [-0.05, 0) is 73.2 Å². The Morgan fingerprint density at radius 3 is 2.05 bits per heavy atom. The number of rotatable bonds is 9. The van der Waals surface area contributed by atoms with E-state index in [1.54, 1.807) is 54.3 Å². The van der Waals surface area contributed by atoms with Crippen molar-refractivity contribution in [3.63, 3.8) is 0 Å². The second-order valence-electron chi connectivity index (χ2n) is 7.76. The van der Waals surface area contributed by atoms with Gasteiger partial charge in [0, 0.05) is 21.3 Å². The number of benzene rings is 3. The van der Waals surface area contributed by atoms with Gasteiger partial charge in [0.15, 0.2) is 16.6 Å². The van der Waals surface area contributed by atoms with Gasteiger partial charge in [0.2, 0.25) is 5.75 Å². The van der Waals surface area contributed by atoms with Crippen LogP contribution in [-0.4, -0.2) is 44.9 Å². The van der Waals surface area contributed by atoms with E-state index in [1.165, 1.54) is 33.5 Å². The van der Waals surface area contributed by atoms with Crippen LogP contribution >= 0.6 is 35.4 Å². The van der Waals surface area contributed by atoms with Crippen molar-refractivity contribution in [2.45, 2.75) is 13.5 Å². The van der Waals surface area contributed by atoms with Gasteiger partial charge >= 0.3 is 5.97 Å². The molecule has 3 aromatic carbocycles. The average Bonchev–Trinajstić information content (AvgIpc) is 2.91. The molecule has 0 aliphatic rings. The summed E-state index contributed by atoms with van der Waals surface area (Å²) in [7, 11) is 4.39. The molecule has 3 aromatic rings. The SMILES string of the molecule is CCOC(=O)c1ccc(N(Cc2ccc(Cl)cc2Cl)C(=S)NC(=O)c2cc(OC)c(OC)c(OC)c2)cc1. The van der Waals surface area contributed by atoms with Crippen molar-refractivity contribution in [1.82, 2.24) is 5.32 Å². The Balaban J connectivity index is 1.94. The molecule has 0 spiro atoms. The molecule has 0 aliphatic carbocycles. The molecule has 1 amide bonds. The molecule has 0 atom stereocenters. The number of hydrogen-bond acceptors (Lipinski definition) is 7. The van der Waals surface area contributed by atoms with Gasteiger partial charge in [0.05, 0.1) is 40.0 Å². The van der Waals surface area contributed by atoms with Gasteiger partial charge in [-0.1, -0.05) is 29.3 Å². The topological polar surface area (TPSA) is 86.3 Å². The first-order valence-corrected chi connectivity index (χ1v) is 12.5. The molecule has 11 heteroatoms. The minimum atomic E-state index is -0.496. The Labute approximate surface area is 236 Å². The van der Waals surface area contributed by atoms with Crippen LogP contribution in [0.4, 0.5) is 5.69 Å². The first kappa shape index (κ1) is 29.0. The molecule has 0 aromatic heterocycles. The van der Waals surface area contributed by atoms with E-state index in [1.807, 2.05) is 0 Å². The van der Waals surface area contributed by atoms with Crippen LogP contribution in [0.1, 0.15) is 33.2 Å². The van der Waals surface area contributed by atoms with Gasteiger partial charge in [-0.3, -0.25) is 10.1 Å². The third kappa shape index (κ3) is 6.86. The van der Waals surface area contributed by atoms with Gasteiger partial charge in [-0.25, -0.2) is 4.79 Å². The molecule has 0 fully saturated rings. The number of halogens is 2. The maximum absolute atomic E-state index is 13.2. The van der Waals surface area contributed by atoms with E-state index >= 15 is 0 Å². The fourth-order valence-electron chi connectivity index (χ4n) is 3.54. The number of ether oxygens (including phenoxy) is 4. The summed E-state index contributed by atoms with van der Waals surface area (Å²) in [4.78, 5) is 27.0. The van der Waals surface area contributed by atoms with Gasteiger partial charge < -0.3 is 23.8 Å². The molecule has 0 unspecified atom stereocenters. The minimum absolute atomic E-state index is 0.0960. The Hall–Kier alpha value is -3.53. The minimum Gasteiger partial charge on any atom is -0.493 e. The predicted octanol–water partition coefficient (Wildman–Crippen LogP) is 5.92. The van der Waals surface area contributed by atoms with Crippen LogP contribution in [0.25, 0.3) is 0 Å². The number of thiocarbonyl (C=S) groups is 1. The van der Waals surface area contributed by atoms with E-state index in [0.717, 1.165) is 5.56 Å². The normalized spacial score (nSPS) is 10.4. The van der Waals surface area contributed by atoms with Crippen LogP contribution in [0.2, 0.25) is 10.0 Å². The van der Waals surface area contributed by atoms with E-state index in [9.17, 15) is 9.59 Å². The fraction of sp³-hybridized carbons (Fsp3) is 0.222. The van der Waals surface area contributed by atoms with E-state index in [2.05, 4.69) is 5.32 Å². The molecule has 1 N–H and O–H groups in total. The predicted molar refractivity (Wildman–Crippen MR) is 151 cm³/mol. The Bertz CT molecular complexity index is 1310. The lowest BCUT2D eigenvalue weighted by Gasteiger charge is -2.26. The van der Waals surface area contributed by atoms with Gasteiger partial charge in [0.1, 0.15) is 0 Å². The average molecular weight is 577 g/mol. The van der Waals surface area contributed by atoms with Crippen LogP contribution < -0.4 is 24.4 Å². The summed E-state index contributed by atoms with van der Waals surface area (Å²) >= 11 is 18.1. The zero-order valence-corrected chi connectivity index (χ0v) is 23.5. The van der Waals surface area contributed by atoms with Crippen LogP contribution in [0.5, 0.6) is 17.2 Å². The molecule has 38 heavy (non-hydrogen) atoms. The number of amides is 1. The summed E-state index contributed by atoms with van der Waals surface area (Å²) in [5.74, 6) is 0.0635. The highest BCUT2D eigenvalue weighted by atomic mass is 35.5. The van der Waals surface area contributed by atoms with Crippen molar-refractivity contribution in [3.8, 4) is 17.2 Å². The number of nitrogens with zero attached hydrogens (tertiary/aromatic N) is 1. The molecule has 0 heterocycles. The molecule has 0 saturated carbocycles. The second kappa shape index (κ2) is 13.3. The molecular formula is C27H26Cl2N2O6S. The van der Waals surface area contributed by atoms with Crippen molar-refractivity contribution < 1.29 is 28.5 Å². The molecule has 3 rings (SSSR count). The van der Waals surface area contributed by atoms with Crippen molar-refractivity contribution in [3.05, 3.63) is 81.3 Å². The summed E-state index contributed by atoms with van der Waals surface area (Å²) in [6, 6.07) is 14.8. The van der Waals surface area contributed by atoms with Crippen molar-refractivity contribution in [2.75, 3.05) is 32.8 Å². The zero-order chi connectivity index (χ0) is 27.8. The van der Waals surface area contributed by atoms with Crippen molar-refractivity contribution in [2.24, 2.45) is 0 Å². The van der Waals surface area contributed by atoms with Crippen LogP contribution in [-0.2, 0) is 11.3 Å². The highest BCUT2D eigenvalue weighted by Gasteiger charge is 2.21.